The maximum atomic E-state index is 11.7. The van der Waals surface area contributed by atoms with Crippen LogP contribution in [0.5, 0.6) is 0 Å². The van der Waals surface area contributed by atoms with E-state index in [1.807, 2.05) is 26.3 Å². The van der Waals surface area contributed by atoms with Gasteiger partial charge in [0.1, 0.15) is 0 Å². The average molecular weight is 271 g/mol. The van der Waals surface area contributed by atoms with Crippen LogP contribution in [0, 0.1) is 0 Å². The molecule has 1 amide bonds. The molecule has 18 heavy (non-hydrogen) atoms. The van der Waals surface area contributed by atoms with E-state index in [2.05, 4.69) is 15.6 Å². The minimum Gasteiger partial charge on any atom is -0.382 e. The van der Waals surface area contributed by atoms with Crippen molar-refractivity contribution in [3.05, 3.63) is 11.1 Å². The molecule has 1 heterocycles. The molecule has 102 valence electrons. The van der Waals surface area contributed by atoms with Crippen molar-refractivity contribution < 1.29 is 9.53 Å². The van der Waals surface area contributed by atoms with Gasteiger partial charge in [0.25, 0.3) is 0 Å². The Morgan fingerprint density at radius 1 is 1.56 bits per heavy atom. The minimum absolute atomic E-state index is 0.0167. The van der Waals surface area contributed by atoms with Gasteiger partial charge in [-0.05, 0) is 27.3 Å². The van der Waals surface area contributed by atoms with Crippen LogP contribution in [-0.4, -0.2) is 31.2 Å². The molecule has 1 aromatic heterocycles. The lowest BCUT2D eigenvalue weighted by Crippen LogP contribution is -2.16. The van der Waals surface area contributed by atoms with Gasteiger partial charge in [-0.25, -0.2) is 4.98 Å². The van der Waals surface area contributed by atoms with Gasteiger partial charge in [0.2, 0.25) is 5.91 Å². The summed E-state index contributed by atoms with van der Waals surface area (Å²) in [7, 11) is 3.53. The maximum absolute atomic E-state index is 11.7. The van der Waals surface area contributed by atoms with E-state index in [9.17, 15) is 4.79 Å². The molecule has 5 nitrogen and oxygen atoms in total. The molecule has 2 unspecified atom stereocenters. The molecule has 0 aromatic carbocycles. The Morgan fingerprint density at radius 3 is 2.89 bits per heavy atom. The number of hydrogen-bond donors (Lipinski definition) is 2. The van der Waals surface area contributed by atoms with E-state index in [4.69, 9.17) is 4.74 Å². The second-order valence-corrected chi connectivity index (χ2v) is 5.08. The molecule has 0 saturated carbocycles. The highest BCUT2D eigenvalue weighted by Gasteiger charge is 2.11. The van der Waals surface area contributed by atoms with E-state index >= 15 is 0 Å². The SMILES string of the molecule is CNC(C)c1csc(NC(=O)CCC(C)OC)n1. The predicted molar refractivity (Wildman–Crippen MR) is 73.9 cm³/mol. The Hall–Kier alpha value is -0.980. The summed E-state index contributed by atoms with van der Waals surface area (Å²) < 4.78 is 5.10. The van der Waals surface area contributed by atoms with E-state index < -0.39 is 0 Å². The number of thiazole rings is 1. The number of anilines is 1. The largest absolute Gasteiger partial charge is 0.382 e. The summed E-state index contributed by atoms with van der Waals surface area (Å²) in [6.45, 7) is 3.98. The van der Waals surface area contributed by atoms with Crippen LogP contribution in [0.25, 0.3) is 0 Å². The fourth-order valence-electron chi connectivity index (χ4n) is 1.32. The van der Waals surface area contributed by atoms with Crippen LogP contribution >= 0.6 is 11.3 Å². The van der Waals surface area contributed by atoms with Crippen molar-refractivity contribution in [2.45, 2.75) is 38.8 Å². The van der Waals surface area contributed by atoms with Crippen LogP contribution in [0.2, 0.25) is 0 Å². The highest BCUT2D eigenvalue weighted by Crippen LogP contribution is 2.20. The zero-order chi connectivity index (χ0) is 13.5. The number of rotatable bonds is 7. The van der Waals surface area contributed by atoms with Crippen LogP contribution < -0.4 is 10.6 Å². The number of methoxy groups -OCH3 is 1. The normalized spacial score (nSPS) is 14.2. The Morgan fingerprint density at radius 2 is 2.28 bits per heavy atom. The molecule has 0 aliphatic rings. The lowest BCUT2D eigenvalue weighted by atomic mass is 10.2. The molecular formula is C12H21N3O2S. The lowest BCUT2D eigenvalue weighted by Gasteiger charge is -2.08. The molecule has 1 rings (SSSR count). The van der Waals surface area contributed by atoms with Gasteiger partial charge in [0, 0.05) is 25.0 Å². The van der Waals surface area contributed by atoms with Crippen molar-refractivity contribution in [1.29, 1.82) is 0 Å². The quantitative estimate of drug-likeness (QED) is 0.798. The van der Waals surface area contributed by atoms with Gasteiger partial charge in [-0.1, -0.05) is 0 Å². The van der Waals surface area contributed by atoms with Gasteiger partial charge in [-0.15, -0.1) is 11.3 Å². The zero-order valence-corrected chi connectivity index (χ0v) is 12.1. The highest BCUT2D eigenvalue weighted by atomic mass is 32.1. The second-order valence-electron chi connectivity index (χ2n) is 4.22. The number of nitrogens with one attached hydrogen (secondary N) is 2. The molecule has 0 fully saturated rings. The highest BCUT2D eigenvalue weighted by molar-refractivity contribution is 7.13. The number of nitrogens with zero attached hydrogens (tertiary/aromatic N) is 1. The number of aromatic nitrogens is 1. The van der Waals surface area contributed by atoms with E-state index in [1.54, 1.807) is 7.11 Å². The Labute approximate surface area is 112 Å². The molecule has 0 bridgehead atoms. The summed E-state index contributed by atoms with van der Waals surface area (Å²) in [5, 5.41) is 8.52. The standard InChI is InChI=1S/C12H21N3O2S/c1-8(17-4)5-6-11(16)15-12-14-10(7-18-12)9(2)13-3/h7-9,13H,5-6H2,1-4H3,(H,14,15,16). The third-order valence-electron chi connectivity index (χ3n) is 2.83. The second kappa shape index (κ2) is 7.45. The van der Waals surface area contributed by atoms with E-state index in [0.717, 1.165) is 5.69 Å². The van der Waals surface area contributed by atoms with Crippen molar-refractivity contribution in [1.82, 2.24) is 10.3 Å². The topological polar surface area (TPSA) is 63.2 Å². The first kappa shape index (κ1) is 15.1. The summed E-state index contributed by atoms with van der Waals surface area (Å²) in [6.07, 6.45) is 1.27. The van der Waals surface area contributed by atoms with Crippen LogP contribution in [-0.2, 0) is 9.53 Å². The molecule has 0 aliphatic carbocycles. The van der Waals surface area contributed by atoms with E-state index in [-0.39, 0.29) is 18.1 Å². The van der Waals surface area contributed by atoms with Crippen molar-refractivity contribution in [3.8, 4) is 0 Å². The Balaban J connectivity index is 2.42. The van der Waals surface area contributed by atoms with Gasteiger partial charge in [-0.3, -0.25) is 4.79 Å². The molecule has 0 radical (unpaired) electrons. The number of amides is 1. The maximum Gasteiger partial charge on any atom is 0.226 e. The number of carbonyl (C=O) groups is 1. The fourth-order valence-corrected chi connectivity index (χ4v) is 2.14. The van der Waals surface area contributed by atoms with Crippen LogP contribution in [0.15, 0.2) is 5.38 Å². The Bertz CT molecular complexity index is 381. The summed E-state index contributed by atoms with van der Waals surface area (Å²) in [5.41, 5.74) is 0.947. The average Bonchev–Trinajstić information content (AvgIpc) is 2.83. The summed E-state index contributed by atoms with van der Waals surface area (Å²) in [6, 6.07) is 0.195. The van der Waals surface area contributed by atoms with Gasteiger partial charge in [0.15, 0.2) is 5.13 Å². The third kappa shape index (κ3) is 4.72. The van der Waals surface area contributed by atoms with Crippen LogP contribution in [0.3, 0.4) is 0 Å². The first-order chi connectivity index (χ1) is 8.56. The predicted octanol–water partition coefficient (Wildman–Crippen LogP) is 2.18. The molecule has 0 spiro atoms. The van der Waals surface area contributed by atoms with Crippen molar-refractivity contribution in [3.63, 3.8) is 0 Å². The van der Waals surface area contributed by atoms with Crippen molar-refractivity contribution in [2.24, 2.45) is 0 Å². The van der Waals surface area contributed by atoms with Gasteiger partial charge < -0.3 is 15.4 Å². The molecule has 2 atom stereocenters. The smallest absolute Gasteiger partial charge is 0.226 e. The van der Waals surface area contributed by atoms with Gasteiger partial charge in [0.05, 0.1) is 11.8 Å². The first-order valence-corrected chi connectivity index (χ1v) is 6.90. The summed E-state index contributed by atoms with van der Waals surface area (Å²) in [4.78, 5) is 16.0. The van der Waals surface area contributed by atoms with Crippen LogP contribution in [0.4, 0.5) is 5.13 Å². The molecule has 0 saturated heterocycles. The number of hydrogen-bond acceptors (Lipinski definition) is 5. The minimum atomic E-state index is -0.0167. The third-order valence-corrected chi connectivity index (χ3v) is 3.60. The Kier molecular flexibility index (Phi) is 6.24. The monoisotopic (exact) mass is 271 g/mol. The van der Waals surface area contributed by atoms with Crippen LogP contribution in [0.1, 0.15) is 38.4 Å². The van der Waals surface area contributed by atoms with E-state index in [1.165, 1.54) is 11.3 Å². The molecule has 1 aromatic rings. The molecule has 0 aliphatic heterocycles. The molecular weight excluding hydrogens is 250 g/mol. The van der Waals surface area contributed by atoms with Crippen molar-refractivity contribution >= 4 is 22.4 Å². The van der Waals surface area contributed by atoms with Crippen molar-refractivity contribution in [2.75, 3.05) is 19.5 Å². The fraction of sp³-hybridized carbons (Fsp3) is 0.667. The first-order valence-electron chi connectivity index (χ1n) is 6.02. The van der Waals surface area contributed by atoms with E-state index in [0.29, 0.717) is 18.0 Å². The lowest BCUT2D eigenvalue weighted by molar-refractivity contribution is -0.116. The zero-order valence-electron chi connectivity index (χ0n) is 11.3. The number of carbonyl (C=O) groups excluding carboxylic acids is 1. The number of ether oxygens (including phenoxy) is 1. The summed E-state index contributed by atoms with van der Waals surface area (Å²) >= 11 is 1.45. The summed E-state index contributed by atoms with van der Waals surface area (Å²) in [5.74, 6) is -0.0167. The van der Waals surface area contributed by atoms with Gasteiger partial charge >= 0.3 is 0 Å². The van der Waals surface area contributed by atoms with Gasteiger partial charge in [-0.2, -0.15) is 0 Å². The molecule has 2 N–H and O–H groups in total. The molecule has 6 heteroatoms.